The first-order chi connectivity index (χ1) is 18.6. The molecular weight excluding hydrogens is 494 g/mol. The highest BCUT2D eigenvalue weighted by atomic mass is 16.2. The summed E-state index contributed by atoms with van der Waals surface area (Å²) in [4.78, 5) is 58.6. The molecule has 3 fully saturated rings. The van der Waals surface area contributed by atoms with Gasteiger partial charge >= 0.3 is 0 Å². The van der Waals surface area contributed by atoms with Crippen molar-refractivity contribution in [2.75, 3.05) is 31.1 Å². The smallest absolute Gasteiger partial charge is 0.251 e. The highest BCUT2D eigenvalue weighted by Gasteiger charge is 2.52. The number of carbonyl (C=O) groups excluding carboxylic acids is 4. The van der Waals surface area contributed by atoms with Crippen molar-refractivity contribution in [1.82, 2.24) is 15.1 Å². The van der Waals surface area contributed by atoms with Gasteiger partial charge in [0.1, 0.15) is 12.1 Å². The van der Waals surface area contributed by atoms with Gasteiger partial charge in [-0.1, -0.05) is 27.7 Å². The van der Waals surface area contributed by atoms with Crippen LogP contribution in [0.1, 0.15) is 76.6 Å². The van der Waals surface area contributed by atoms with E-state index in [1.165, 1.54) is 12.8 Å². The first-order valence-corrected chi connectivity index (χ1v) is 14.6. The molecule has 1 aromatic rings. The van der Waals surface area contributed by atoms with Crippen molar-refractivity contribution >= 4 is 29.2 Å². The average molecular weight is 540 g/mol. The molecular formula is C30H45N5O4. The Bertz CT molecular complexity index is 1050. The fraction of sp³-hybridized carbons (Fsp3) is 0.667. The molecule has 0 bridgehead atoms. The van der Waals surface area contributed by atoms with Gasteiger partial charge in [-0.3, -0.25) is 19.2 Å². The molecule has 1 aromatic carbocycles. The van der Waals surface area contributed by atoms with Crippen molar-refractivity contribution in [3.63, 3.8) is 0 Å². The Labute approximate surface area is 232 Å². The number of hydrogen-bond acceptors (Lipinski definition) is 6. The molecule has 3 heterocycles. The molecule has 4 rings (SSSR count). The summed E-state index contributed by atoms with van der Waals surface area (Å²) in [5.41, 5.74) is 7.80. The zero-order valence-corrected chi connectivity index (χ0v) is 23.9. The van der Waals surface area contributed by atoms with Gasteiger partial charge in [0.05, 0.1) is 18.6 Å². The summed E-state index contributed by atoms with van der Waals surface area (Å²) in [7, 11) is 0. The fourth-order valence-electron chi connectivity index (χ4n) is 6.14. The van der Waals surface area contributed by atoms with E-state index >= 15 is 0 Å². The number of nitrogens with two attached hydrogens (primary N) is 1. The third kappa shape index (κ3) is 6.62. The van der Waals surface area contributed by atoms with E-state index in [1.54, 1.807) is 21.9 Å². The largest absolute Gasteiger partial charge is 0.372 e. The topological polar surface area (TPSA) is 116 Å². The van der Waals surface area contributed by atoms with Crippen molar-refractivity contribution in [3.8, 4) is 0 Å². The summed E-state index contributed by atoms with van der Waals surface area (Å²) in [6, 6.07) is 5.10. The first-order valence-electron chi connectivity index (χ1n) is 14.6. The number of amides is 3. The Hall–Kier alpha value is -2.94. The summed E-state index contributed by atoms with van der Waals surface area (Å²) in [6.45, 7) is 10.6. The zero-order valence-electron chi connectivity index (χ0n) is 23.9. The van der Waals surface area contributed by atoms with Crippen LogP contribution in [-0.2, 0) is 14.4 Å². The van der Waals surface area contributed by atoms with Crippen LogP contribution in [0.3, 0.4) is 0 Å². The van der Waals surface area contributed by atoms with E-state index in [-0.39, 0.29) is 42.0 Å². The number of benzene rings is 1. The van der Waals surface area contributed by atoms with Crippen LogP contribution < -0.4 is 16.0 Å². The molecule has 214 valence electrons. The molecule has 0 aliphatic carbocycles. The van der Waals surface area contributed by atoms with Crippen LogP contribution in [-0.4, -0.2) is 83.7 Å². The lowest BCUT2D eigenvalue weighted by Gasteiger charge is -2.29. The molecule has 39 heavy (non-hydrogen) atoms. The normalized spacial score (nSPS) is 22.5. The van der Waals surface area contributed by atoms with Crippen molar-refractivity contribution in [1.29, 1.82) is 0 Å². The zero-order chi connectivity index (χ0) is 28.3. The van der Waals surface area contributed by atoms with Crippen LogP contribution in [0.4, 0.5) is 5.69 Å². The van der Waals surface area contributed by atoms with E-state index in [4.69, 9.17) is 5.73 Å². The maximum atomic E-state index is 13.8. The van der Waals surface area contributed by atoms with Gasteiger partial charge in [-0.15, -0.1) is 0 Å². The summed E-state index contributed by atoms with van der Waals surface area (Å²) >= 11 is 0. The monoisotopic (exact) mass is 539 g/mol. The standard InChI is InChI=1S/C30H45N5O4/c1-19(2)7-12-23(31)29(38)35-18-26(36)27-25(35)13-16-34(27)30(39)24(17-20(3)4)32-28(37)21-8-10-22(11-9-21)33-14-5-6-15-33/h8-11,19-20,23-25,27H,5-7,12-18,31H2,1-4H3,(H,32,37). The lowest BCUT2D eigenvalue weighted by molar-refractivity contribution is -0.138. The van der Waals surface area contributed by atoms with Gasteiger partial charge in [0.15, 0.2) is 5.78 Å². The second-order valence-corrected chi connectivity index (χ2v) is 12.2. The van der Waals surface area contributed by atoms with Crippen molar-refractivity contribution in [3.05, 3.63) is 29.8 Å². The van der Waals surface area contributed by atoms with Crippen molar-refractivity contribution in [2.24, 2.45) is 17.6 Å². The molecule has 3 saturated heterocycles. The summed E-state index contributed by atoms with van der Waals surface area (Å²) in [5.74, 6) is -0.315. The maximum absolute atomic E-state index is 13.8. The number of likely N-dealkylation sites (tertiary alicyclic amines) is 2. The number of carbonyl (C=O) groups is 4. The lowest BCUT2D eigenvalue weighted by Crippen LogP contribution is -2.53. The van der Waals surface area contributed by atoms with E-state index in [2.05, 4.69) is 24.1 Å². The molecule has 9 nitrogen and oxygen atoms in total. The van der Waals surface area contributed by atoms with Crippen LogP contribution in [0.2, 0.25) is 0 Å². The molecule has 0 aromatic heterocycles. The van der Waals surface area contributed by atoms with Gasteiger partial charge in [0, 0.05) is 30.9 Å². The summed E-state index contributed by atoms with van der Waals surface area (Å²) < 4.78 is 0. The number of nitrogens with one attached hydrogen (secondary N) is 1. The van der Waals surface area contributed by atoms with Gasteiger partial charge in [-0.2, -0.15) is 0 Å². The number of ketones is 1. The van der Waals surface area contributed by atoms with E-state index in [0.717, 1.165) is 25.2 Å². The predicted octanol–water partition coefficient (Wildman–Crippen LogP) is 2.58. The molecule has 3 aliphatic heterocycles. The predicted molar refractivity (Wildman–Crippen MR) is 151 cm³/mol. The second-order valence-electron chi connectivity index (χ2n) is 12.2. The van der Waals surface area contributed by atoms with Crippen LogP contribution in [0.25, 0.3) is 0 Å². The number of nitrogens with zero attached hydrogens (tertiary/aromatic N) is 3. The SMILES string of the molecule is CC(C)CCC(N)C(=O)N1CC(=O)C2C1CCN2C(=O)C(CC(C)C)NC(=O)c1ccc(N2CCCC2)cc1. The van der Waals surface area contributed by atoms with Gasteiger partial charge < -0.3 is 25.8 Å². The summed E-state index contributed by atoms with van der Waals surface area (Å²) in [6.07, 6.45) is 4.76. The van der Waals surface area contributed by atoms with E-state index in [1.807, 2.05) is 26.0 Å². The number of hydrogen-bond donors (Lipinski definition) is 2. The first kappa shape index (κ1) is 29.1. The molecule has 4 unspecified atom stereocenters. The van der Waals surface area contributed by atoms with Gasteiger partial charge in [-0.05, 0) is 74.6 Å². The minimum atomic E-state index is -0.750. The van der Waals surface area contributed by atoms with Gasteiger partial charge in [-0.25, -0.2) is 0 Å². The van der Waals surface area contributed by atoms with Crippen LogP contribution >= 0.6 is 0 Å². The Morgan fingerprint density at radius 3 is 2.21 bits per heavy atom. The second kappa shape index (κ2) is 12.5. The molecule has 3 N–H and O–H groups in total. The molecule has 0 saturated carbocycles. The van der Waals surface area contributed by atoms with Crippen LogP contribution in [0.5, 0.6) is 0 Å². The maximum Gasteiger partial charge on any atom is 0.251 e. The highest BCUT2D eigenvalue weighted by molar-refractivity contribution is 6.01. The van der Waals surface area contributed by atoms with Crippen LogP contribution in [0.15, 0.2) is 24.3 Å². The fourth-order valence-corrected chi connectivity index (χ4v) is 6.14. The highest BCUT2D eigenvalue weighted by Crippen LogP contribution is 2.31. The minimum absolute atomic E-state index is 0.0160. The number of anilines is 1. The number of fused-ring (bicyclic) bond motifs is 1. The number of Topliss-reactive ketones (excluding diaryl/α,β-unsaturated/α-hetero) is 1. The Balaban J connectivity index is 1.43. The lowest BCUT2D eigenvalue weighted by atomic mass is 10.0. The third-order valence-electron chi connectivity index (χ3n) is 8.27. The van der Waals surface area contributed by atoms with E-state index in [9.17, 15) is 19.2 Å². The molecule has 9 heteroatoms. The van der Waals surface area contributed by atoms with E-state index in [0.29, 0.717) is 37.3 Å². The quantitative estimate of drug-likeness (QED) is 0.472. The van der Waals surface area contributed by atoms with Gasteiger partial charge in [0.2, 0.25) is 11.8 Å². The molecule has 4 atom stereocenters. The molecule has 3 aliphatic rings. The Morgan fingerprint density at radius 2 is 1.59 bits per heavy atom. The summed E-state index contributed by atoms with van der Waals surface area (Å²) in [5, 5.41) is 2.95. The number of rotatable bonds is 10. The van der Waals surface area contributed by atoms with E-state index < -0.39 is 18.1 Å². The average Bonchev–Trinajstić information content (AvgIpc) is 3.65. The van der Waals surface area contributed by atoms with Crippen molar-refractivity contribution < 1.29 is 19.2 Å². The molecule has 3 amide bonds. The molecule has 0 radical (unpaired) electrons. The van der Waals surface area contributed by atoms with Gasteiger partial charge in [0.25, 0.3) is 5.91 Å². The molecule has 0 spiro atoms. The minimum Gasteiger partial charge on any atom is -0.372 e. The van der Waals surface area contributed by atoms with Crippen LogP contribution in [0, 0.1) is 11.8 Å². The Kier molecular flexibility index (Phi) is 9.31. The third-order valence-corrected chi connectivity index (χ3v) is 8.27. The van der Waals surface area contributed by atoms with Crippen molar-refractivity contribution in [2.45, 2.75) is 90.4 Å². The Morgan fingerprint density at radius 1 is 0.923 bits per heavy atom.